The second kappa shape index (κ2) is 7.97. The van der Waals surface area contributed by atoms with Crippen LogP contribution < -0.4 is 29.6 Å². The number of esters is 1. The zero-order chi connectivity index (χ0) is 12.1. The summed E-state index contributed by atoms with van der Waals surface area (Å²) < 4.78 is 31.1. The molecule has 0 aromatic heterocycles. The fourth-order valence-corrected chi connectivity index (χ4v) is 1.71. The van der Waals surface area contributed by atoms with E-state index in [0.717, 1.165) is 0 Å². The maximum absolute atomic E-state index is 11.3. The van der Waals surface area contributed by atoms with Crippen molar-refractivity contribution in [2.45, 2.75) is 11.5 Å². The molecule has 0 aliphatic carbocycles. The van der Waals surface area contributed by atoms with E-state index in [-0.39, 0.29) is 46.6 Å². The zero-order valence-electron chi connectivity index (χ0n) is 9.89. The first-order chi connectivity index (χ1) is 7.58. The molecule has 0 heterocycles. The van der Waals surface area contributed by atoms with Crippen LogP contribution in [-0.2, 0) is 27.2 Å². The molecule has 17 heavy (non-hydrogen) atoms. The monoisotopic (exact) mass is 266 g/mol. The smallest absolute Gasteiger partial charge is 0.768 e. The summed E-state index contributed by atoms with van der Waals surface area (Å²) in [4.78, 5) is 11.3. The molecule has 0 spiro atoms. The van der Waals surface area contributed by atoms with Gasteiger partial charge in [0.1, 0.15) is 0 Å². The van der Waals surface area contributed by atoms with E-state index in [2.05, 4.69) is 4.74 Å². The quantitative estimate of drug-likeness (QED) is 0.353. The Kier molecular flexibility index (Phi) is 7.85. The Morgan fingerprint density at radius 3 is 2.47 bits per heavy atom. The van der Waals surface area contributed by atoms with Crippen LogP contribution in [0.15, 0.2) is 23.1 Å². The number of methoxy groups -OCH3 is 2. The molecule has 0 amide bonds. The van der Waals surface area contributed by atoms with Crippen LogP contribution in [0.4, 0.5) is 0 Å². The van der Waals surface area contributed by atoms with Crippen molar-refractivity contribution in [1.29, 1.82) is 0 Å². The maximum atomic E-state index is 11.3. The molecule has 7 heteroatoms. The molecule has 0 saturated heterocycles. The Morgan fingerprint density at radius 1 is 1.35 bits per heavy atom. The first-order valence-corrected chi connectivity index (χ1v) is 5.46. The van der Waals surface area contributed by atoms with Crippen molar-refractivity contribution in [3.05, 3.63) is 29.3 Å². The van der Waals surface area contributed by atoms with E-state index in [4.69, 9.17) is 4.74 Å². The summed E-state index contributed by atoms with van der Waals surface area (Å²) >= 11 is -2.38. The van der Waals surface area contributed by atoms with Crippen molar-refractivity contribution in [3.63, 3.8) is 0 Å². The van der Waals surface area contributed by atoms with Crippen molar-refractivity contribution < 1.29 is 52.6 Å². The maximum Gasteiger partial charge on any atom is 1.00 e. The van der Waals surface area contributed by atoms with Gasteiger partial charge in [-0.2, -0.15) is 0 Å². The van der Waals surface area contributed by atoms with Crippen LogP contribution in [0.25, 0.3) is 0 Å². The number of hydrogen-bond acceptors (Lipinski definition) is 5. The predicted octanol–water partition coefficient (Wildman–Crippen LogP) is -2.14. The molecule has 0 fully saturated rings. The van der Waals surface area contributed by atoms with E-state index >= 15 is 0 Å². The van der Waals surface area contributed by atoms with Gasteiger partial charge in [-0.15, -0.1) is 0 Å². The molecule has 1 atom stereocenters. The normalized spacial score (nSPS) is 11.5. The van der Waals surface area contributed by atoms with Gasteiger partial charge in [0.15, 0.2) is 0 Å². The van der Waals surface area contributed by atoms with Crippen molar-refractivity contribution >= 4 is 17.0 Å². The topological polar surface area (TPSA) is 75.7 Å². The molecule has 1 unspecified atom stereocenters. The SMILES string of the molecule is COCc1cc(C(=O)OC)cc(S(=O)[O-])c1.[Na+]. The molecule has 0 N–H and O–H groups in total. The molecule has 0 aliphatic rings. The van der Waals surface area contributed by atoms with Crippen LogP contribution in [0.5, 0.6) is 0 Å². The van der Waals surface area contributed by atoms with Gasteiger partial charge in [0.25, 0.3) is 0 Å². The van der Waals surface area contributed by atoms with Gasteiger partial charge < -0.3 is 14.0 Å². The molecule has 5 nitrogen and oxygen atoms in total. The molecule has 88 valence electrons. The summed E-state index contributed by atoms with van der Waals surface area (Å²) in [5.41, 5.74) is 0.792. The molecule has 0 saturated carbocycles. The number of ether oxygens (including phenoxy) is 2. The van der Waals surface area contributed by atoms with Gasteiger partial charge in [0.2, 0.25) is 0 Å². The van der Waals surface area contributed by atoms with Crippen LogP contribution >= 0.6 is 0 Å². The Hall–Kier alpha value is -0.240. The Labute approximate surface area is 124 Å². The van der Waals surface area contributed by atoms with Crippen LogP contribution in [0, 0.1) is 0 Å². The summed E-state index contributed by atoms with van der Waals surface area (Å²) in [6.45, 7) is 0.231. The summed E-state index contributed by atoms with van der Waals surface area (Å²) in [6.07, 6.45) is 0. The summed E-state index contributed by atoms with van der Waals surface area (Å²) in [6, 6.07) is 4.23. The molecule has 0 bridgehead atoms. The average Bonchev–Trinajstić information content (AvgIpc) is 2.28. The fraction of sp³-hybridized carbons (Fsp3) is 0.300. The second-order valence-corrected chi connectivity index (χ2v) is 3.97. The number of carbonyl (C=O) groups is 1. The number of rotatable bonds is 4. The Balaban J connectivity index is 0.00000256. The van der Waals surface area contributed by atoms with Crippen molar-refractivity contribution in [2.75, 3.05) is 14.2 Å². The summed E-state index contributed by atoms with van der Waals surface area (Å²) in [5.74, 6) is -0.579. The molecule has 1 rings (SSSR count). The number of carbonyl (C=O) groups excluding carboxylic acids is 1. The first kappa shape index (κ1) is 16.8. The largest absolute Gasteiger partial charge is 1.00 e. The van der Waals surface area contributed by atoms with Crippen molar-refractivity contribution in [1.82, 2.24) is 0 Å². The molecule has 0 aliphatic heterocycles. The molecule has 1 aromatic rings. The third-order valence-electron chi connectivity index (χ3n) is 1.89. The predicted molar refractivity (Wildman–Crippen MR) is 55.7 cm³/mol. The molecule has 1 aromatic carbocycles. The van der Waals surface area contributed by atoms with Crippen LogP contribution in [0.2, 0.25) is 0 Å². The van der Waals surface area contributed by atoms with Crippen molar-refractivity contribution in [2.24, 2.45) is 0 Å². The molecular weight excluding hydrogens is 255 g/mol. The Bertz CT molecular complexity index is 421. The van der Waals surface area contributed by atoms with E-state index in [1.54, 1.807) is 0 Å². The van der Waals surface area contributed by atoms with Crippen molar-refractivity contribution in [3.8, 4) is 0 Å². The van der Waals surface area contributed by atoms with E-state index in [1.165, 1.54) is 32.4 Å². The summed E-state index contributed by atoms with van der Waals surface area (Å²) in [5, 5.41) is 0. The third-order valence-corrected chi connectivity index (χ3v) is 2.51. The number of hydrogen-bond donors (Lipinski definition) is 0. The van der Waals surface area contributed by atoms with E-state index in [9.17, 15) is 13.6 Å². The van der Waals surface area contributed by atoms with Crippen LogP contribution in [0.1, 0.15) is 15.9 Å². The fourth-order valence-electron chi connectivity index (χ4n) is 1.24. The van der Waals surface area contributed by atoms with E-state index in [0.29, 0.717) is 5.56 Å². The van der Waals surface area contributed by atoms with Crippen LogP contribution in [0.3, 0.4) is 0 Å². The minimum atomic E-state index is -2.38. The van der Waals surface area contributed by atoms with Gasteiger partial charge in [0, 0.05) is 12.0 Å². The Morgan fingerprint density at radius 2 is 2.00 bits per heavy atom. The van der Waals surface area contributed by atoms with Crippen LogP contribution in [-0.4, -0.2) is 29.0 Å². The standard InChI is InChI=1S/C10H12O5S.Na/c1-14-6-7-3-8(10(11)15-2)5-9(4-7)16(12)13;/h3-5H,6H2,1-2H3,(H,12,13);/q;+1/p-1. The second-order valence-electron chi connectivity index (χ2n) is 3.02. The average molecular weight is 266 g/mol. The van der Waals surface area contributed by atoms with Gasteiger partial charge in [0.05, 0.1) is 19.3 Å². The first-order valence-electron chi connectivity index (χ1n) is 4.39. The van der Waals surface area contributed by atoms with Gasteiger partial charge in [-0.05, 0) is 34.8 Å². The van der Waals surface area contributed by atoms with E-state index < -0.39 is 17.0 Å². The molecule has 0 radical (unpaired) electrons. The molecular formula is C10H11NaO5S. The third kappa shape index (κ3) is 4.87. The zero-order valence-corrected chi connectivity index (χ0v) is 12.7. The van der Waals surface area contributed by atoms with E-state index in [1.807, 2.05) is 0 Å². The van der Waals surface area contributed by atoms with Gasteiger partial charge in [-0.1, -0.05) is 0 Å². The van der Waals surface area contributed by atoms with Gasteiger partial charge >= 0.3 is 35.5 Å². The summed E-state index contributed by atoms with van der Waals surface area (Å²) in [7, 11) is 2.72. The van der Waals surface area contributed by atoms with Gasteiger partial charge in [-0.3, -0.25) is 4.21 Å². The number of benzene rings is 1. The minimum Gasteiger partial charge on any atom is -0.768 e. The van der Waals surface area contributed by atoms with Gasteiger partial charge in [-0.25, -0.2) is 4.79 Å². The minimum absolute atomic E-state index is 0.